The first-order valence-electron chi connectivity index (χ1n) is 4.11. The van der Waals surface area contributed by atoms with Gasteiger partial charge in [0.2, 0.25) is 0 Å². The van der Waals surface area contributed by atoms with Crippen LogP contribution in [0.25, 0.3) is 0 Å². The average Bonchev–Trinajstić information content (AvgIpc) is 2.34. The fourth-order valence-corrected chi connectivity index (χ4v) is 1.05. The number of ketones is 1. The molecular formula is C9H14N2O. The zero-order valence-electron chi connectivity index (χ0n) is 7.74. The third-order valence-electron chi connectivity index (χ3n) is 1.62. The van der Waals surface area contributed by atoms with E-state index in [-0.39, 0.29) is 5.78 Å². The summed E-state index contributed by atoms with van der Waals surface area (Å²) in [5, 5.41) is 3.94. The monoisotopic (exact) mass is 166 g/mol. The van der Waals surface area contributed by atoms with Gasteiger partial charge in [-0.2, -0.15) is 5.10 Å². The van der Waals surface area contributed by atoms with Gasteiger partial charge in [0, 0.05) is 19.7 Å². The molecule has 3 nitrogen and oxygen atoms in total. The van der Waals surface area contributed by atoms with Crippen molar-refractivity contribution in [1.29, 1.82) is 0 Å². The number of carbonyl (C=O) groups is 1. The van der Waals surface area contributed by atoms with E-state index in [1.807, 2.05) is 20.9 Å². The molecule has 1 rings (SSSR count). The van der Waals surface area contributed by atoms with Crippen molar-refractivity contribution in [2.24, 2.45) is 13.0 Å². The van der Waals surface area contributed by atoms with Crippen LogP contribution in [0.4, 0.5) is 0 Å². The minimum Gasteiger partial charge on any atom is -0.294 e. The van der Waals surface area contributed by atoms with E-state index in [9.17, 15) is 4.79 Å². The molecule has 66 valence electrons. The minimum absolute atomic E-state index is 0.179. The molecule has 0 atom stereocenters. The molecule has 0 saturated carbocycles. The van der Waals surface area contributed by atoms with Gasteiger partial charge in [0.15, 0.2) is 5.78 Å². The molecule has 0 aliphatic carbocycles. The number of aromatic nitrogens is 2. The number of aryl methyl sites for hydroxylation is 1. The Bertz CT molecular complexity index is 276. The maximum Gasteiger partial charge on any atom is 0.166 e. The van der Waals surface area contributed by atoms with Crippen LogP contribution in [-0.4, -0.2) is 15.6 Å². The molecule has 1 aromatic rings. The molecule has 0 amide bonds. The van der Waals surface area contributed by atoms with Gasteiger partial charge < -0.3 is 0 Å². The second-order valence-corrected chi connectivity index (χ2v) is 3.42. The van der Waals surface area contributed by atoms with Crippen molar-refractivity contribution in [3.05, 3.63) is 18.0 Å². The van der Waals surface area contributed by atoms with Crippen LogP contribution in [-0.2, 0) is 7.05 Å². The molecule has 0 fully saturated rings. The van der Waals surface area contributed by atoms with Crippen molar-refractivity contribution in [2.75, 3.05) is 0 Å². The van der Waals surface area contributed by atoms with E-state index in [0.29, 0.717) is 17.9 Å². The van der Waals surface area contributed by atoms with Gasteiger partial charge in [-0.1, -0.05) is 13.8 Å². The Morgan fingerprint density at radius 1 is 1.67 bits per heavy atom. The van der Waals surface area contributed by atoms with Crippen LogP contribution < -0.4 is 0 Å². The van der Waals surface area contributed by atoms with Gasteiger partial charge in [0.05, 0.1) is 11.8 Å². The zero-order valence-corrected chi connectivity index (χ0v) is 7.74. The second kappa shape index (κ2) is 3.52. The molecule has 0 aliphatic rings. The molecule has 1 heterocycles. The molecule has 1 aromatic heterocycles. The first kappa shape index (κ1) is 8.97. The predicted molar refractivity (Wildman–Crippen MR) is 47.0 cm³/mol. The van der Waals surface area contributed by atoms with Gasteiger partial charge in [-0.05, 0) is 5.92 Å². The van der Waals surface area contributed by atoms with E-state index >= 15 is 0 Å². The summed E-state index contributed by atoms with van der Waals surface area (Å²) >= 11 is 0. The Morgan fingerprint density at radius 2 is 2.33 bits per heavy atom. The van der Waals surface area contributed by atoms with E-state index in [2.05, 4.69) is 5.10 Å². The van der Waals surface area contributed by atoms with E-state index in [1.165, 1.54) is 0 Å². The van der Waals surface area contributed by atoms with E-state index in [0.717, 1.165) is 0 Å². The summed E-state index contributed by atoms with van der Waals surface area (Å²) in [4.78, 5) is 11.4. The Kier molecular flexibility index (Phi) is 2.63. The highest BCUT2D eigenvalue weighted by Crippen LogP contribution is 2.07. The van der Waals surface area contributed by atoms with Crippen LogP contribution in [0.5, 0.6) is 0 Å². The third kappa shape index (κ3) is 2.19. The normalized spacial score (nSPS) is 10.7. The van der Waals surface area contributed by atoms with Crippen molar-refractivity contribution >= 4 is 5.78 Å². The molecular weight excluding hydrogens is 152 g/mol. The van der Waals surface area contributed by atoms with Gasteiger partial charge in [0.25, 0.3) is 0 Å². The topological polar surface area (TPSA) is 34.9 Å². The number of Topliss-reactive ketones (excluding diaryl/α,β-unsaturated/α-hetero) is 1. The molecule has 0 N–H and O–H groups in total. The lowest BCUT2D eigenvalue weighted by molar-refractivity contribution is 0.0968. The molecule has 0 unspecified atom stereocenters. The number of nitrogens with zero attached hydrogens (tertiary/aromatic N) is 2. The first-order chi connectivity index (χ1) is 5.59. The Labute approximate surface area is 72.4 Å². The van der Waals surface area contributed by atoms with Gasteiger partial charge in [-0.25, -0.2) is 0 Å². The number of hydrogen-bond acceptors (Lipinski definition) is 2. The molecule has 0 aliphatic heterocycles. The fraction of sp³-hybridized carbons (Fsp3) is 0.556. The number of carbonyl (C=O) groups excluding carboxylic acids is 1. The summed E-state index contributed by atoms with van der Waals surface area (Å²) in [6, 6.07) is 0. The van der Waals surface area contributed by atoms with Gasteiger partial charge in [-0.15, -0.1) is 0 Å². The van der Waals surface area contributed by atoms with Gasteiger partial charge in [-0.3, -0.25) is 9.48 Å². The highest BCUT2D eigenvalue weighted by Gasteiger charge is 2.09. The van der Waals surface area contributed by atoms with Crippen molar-refractivity contribution in [2.45, 2.75) is 20.3 Å². The molecule has 0 spiro atoms. The smallest absolute Gasteiger partial charge is 0.166 e. The zero-order chi connectivity index (χ0) is 9.14. The fourth-order valence-electron chi connectivity index (χ4n) is 1.05. The second-order valence-electron chi connectivity index (χ2n) is 3.42. The van der Waals surface area contributed by atoms with E-state index in [4.69, 9.17) is 0 Å². The van der Waals surface area contributed by atoms with Crippen molar-refractivity contribution in [3.8, 4) is 0 Å². The van der Waals surface area contributed by atoms with Crippen molar-refractivity contribution in [1.82, 2.24) is 9.78 Å². The lowest BCUT2D eigenvalue weighted by atomic mass is 10.0. The number of hydrogen-bond donors (Lipinski definition) is 0. The van der Waals surface area contributed by atoms with Crippen LogP contribution in [0.15, 0.2) is 12.4 Å². The predicted octanol–water partition coefficient (Wildman–Crippen LogP) is 1.65. The number of rotatable bonds is 3. The molecule has 12 heavy (non-hydrogen) atoms. The highest BCUT2D eigenvalue weighted by atomic mass is 16.1. The maximum atomic E-state index is 11.4. The van der Waals surface area contributed by atoms with Crippen LogP contribution >= 0.6 is 0 Å². The molecule has 0 aromatic carbocycles. The van der Waals surface area contributed by atoms with Crippen LogP contribution in [0, 0.1) is 5.92 Å². The van der Waals surface area contributed by atoms with Crippen LogP contribution in [0.3, 0.4) is 0 Å². The van der Waals surface area contributed by atoms with Crippen LogP contribution in [0.1, 0.15) is 30.6 Å². The summed E-state index contributed by atoms with van der Waals surface area (Å²) < 4.78 is 1.65. The third-order valence-corrected chi connectivity index (χ3v) is 1.62. The van der Waals surface area contributed by atoms with Gasteiger partial charge >= 0.3 is 0 Å². The molecule has 0 bridgehead atoms. The molecule has 3 heteroatoms. The quantitative estimate of drug-likeness (QED) is 0.640. The Hall–Kier alpha value is -1.12. The first-order valence-corrected chi connectivity index (χ1v) is 4.11. The summed E-state index contributed by atoms with van der Waals surface area (Å²) in [6.07, 6.45) is 3.97. The van der Waals surface area contributed by atoms with Gasteiger partial charge in [0.1, 0.15) is 0 Å². The highest BCUT2D eigenvalue weighted by molar-refractivity contribution is 5.95. The molecule has 0 radical (unpaired) electrons. The Morgan fingerprint density at radius 3 is 2.75 bits per heavy atom. The standard InChI is InChI=1S/C9H14N2O/c1-7(2)4-9(12)8-5-10-11(3)6-8/h5-7H,4H2,1-3H3. The summed E-state index contributed by atoms with van der Waals surface area (Å²) in [6.45, 7) is 4.07. The summed E-state index contributed by atoms with van der Waals surface area (Å²) in [5.74, 6) is 0.593. The minimum atomic E-state index is 0.179. The van der Waals surface area contributed by atoms with E-state index in [1.54, 1.807) is 17.1 Å². The SMILES string of the molecule is CC(C)CC(=O)c1cnn(C)c1. The van der Waals surface area contributed by atoms with Crippen molar-refractivity contribution < 1.29 is 4.79 Å². The molecule has 0 saturated heterocycles. The van der Waals surface area contributed by atoms with Crippen LogP contribution in [0.2, 0.25) is 0 Å². The Balaban J connectivity index is 2.65. The summed E-state index contributed by atoms with van der Waals surface area (Å²) in [5.41, 5.74) is 0.714. The lowest BCUT2D eigenvalue weighted by Gasteiger charge is -1.99. The largest absolute Gasteiger partial charge is 0.294 e. The lowest BCUT2D eigenvalue weighted by Crippen LogP contribution is -2.02. The maximum absolute atomic E-state index is 11.4. The van der Waals surface area contributed by atoms with E-state index < -0.39 is 0 Å². The average molecular weight is 166 g/mol. The summed E-state index contributed by atoms with van der Waals surface area (Å²) in [7, 11) is 1.81. The van der Waals surface area contributed by atoms with Crippen molar-refractivity contribution in [3.63, 3.8) is 0 Å².